The van der Waals surface area contributed by atoms with Crippen LogP contribution < -0.4 is 0 Å². The summed E-state index contributed by atoms with van der Waals surface area (Å²) in [6, 6.07) is 27.4. The van der Waals surface area contributed by atoms with Crippen LogP contribution in [0.25, 0.3) is 33.6 Å². The van der Waals surface area contributed by atoms with Gasteiger partial charge in [0.2, 0.25) is 0 Å². The number of nitrogens with zero attached hydrogens (tertiary/aromatic N) is 2. The van der Waals surface area contributed by atoms with Gasteiger partial charge >= 0.3 is 0 Å². The zero-order valence-corrected chi connectivity index (χ0v) is 15.9. The molecule has 1 heterocycles. The molecule has 0 bridgehead atoms. The highest BCUT2D eigenvalue weighted by Crippen LogP contribution is 2.29. The summed E-state index contributed by atoms with van der Waals surface area (Å²) in [6.45, 7) is 6.22. The maximum atomic E-state index is 4.79. The molecule has 0 saturated heterocycles. The van der Waals surface area contributed by atoms with Crippen molar-refractivity contribution in [1.82, 2.24) is 9.97 Å². The van der Waals surface area contributed by atoms with Crippen LogP contribution in [-0.4, -0.2) is 9.97 Å². The van der Waals surface area contributed by atoms with E-state index in [4.69, 9.17) is 9.97 Å². The van der Waals surface area contributed by atoms with Gasteiger partial charge in [-0.1, -0.05) is 84.4 Å². The molecule has 132 valence electrons. The van der Waals surface area contributed by atoms with E-state index in [1.165, 1.54) is 22.3 Å². The van der Waals surface area contributed by atoms with Crippen LogP contribution in [0.1, 0.15) is 17.0 Å². The fraction of sp³-hybridized carbons (Fsp3) is 0.120. The molecule has 2 heteroatoms. The predicted molar refractivity (Wildman–Crippen MR) is 113 cm³/mol. The molecule has 0 N–H and O–H groups in total. The van der Waals surface area contributed by atoms with Gasteiger partial charge < -0.3 is 0 Å². The van der Waals surface area contributed by atoms with Crippen molar-refractivity contribution in [3.63, 3.8) is 0 Å². The zero-order valence-electron chi connectivity index (χ0n) is 15.9. The average molecular weight is 350 g/mol. The molecular formula is C25H22N2. The second-order valence-corrected chi connectivity index (χ2v) is 6.90. The van der Waals surface area contributed by atoms with Gasteiger partial charge in [-0.3, -0.25) is 0 Å². The van der Waals surface area contributed by atoms with Crippen molar-refractivity contribution in [2.45, 2.75) is 20.8 Å². The van der Waals surface area contributed by atoms with Crippen molar-refractivity contribution in [1.29, 1.82) is 0 Å². The van der Waals surface area contributed by atoms with E-state index in [9.17, 15) is 0 Å². The van der Waals surface area contributed by atoms with E-state index in [0.29, 0.717) is 0 Å². The fourth-order valence-electron chi connectivity index (χ4n) is 3.43. The van der Waals surface area contributed by atoms with Crippen LogP contribution in [0.2, 0.25) is 0 Å². The first-order valence-electron chi connectivity index (χ1n) is 9.20. The molecule has 0 atom stereocenters. The van der Waals surface area contributed by atoms with E-state index >= 15 is 0 Å². The van der Waals surface area contributed by atoms with Crippen molar-refractivity contribution in [2.75, 3.05) is 0 Å². The lowest BCUT2D eigenvalue weighted by atomic mass is 10.0. The zero-order chi connectivity index (χ0) is 18.8. The molecule has 1 aromatic heterocycles. The van der Waals surface area contributed by atoms with Crippen molar-refractivity contribution < 1.29 is 0 Å². The Balaban J connectivity index is 1.70. The number of rotatable bonds is 3. The largest absolute Gasteiger partial charge is 0.233 e. The molecule has 0 saturated carbocycles. The first-order chi connectivity index (χ1) is 13.1. The molecule has 0 amide bonds. The molecule has 3 aromatic carbocycles. The normalized spacial score (nSPS) is 10.8. The van der Waals surface area contributed by atoms with Gasteiger partial charge in [0.25, 0.3) is 0 Å². The van der Waals surface area contributed by atoms with Gasteiger partial charge in [0.1, 0.15) is 0 Å². The van der Waals surface area contributed by atoms with Gasteiger partial charge in [-0.05, 0) is 37.5 Å². The molecule has 2 nitrogen and oxygen atoms in total. The van der Waals surface area contributed by atoms with Crippen molar-refractivity contribution in [2.24, 2.45) is 0 Å². The minimum atomic E-state index is 0.778. The van der Waals surface area contributed by atoms with Crippen LogP contribution in [0, 0.1) is 20.8 Å². The molecule has 27 heavy (non-hydrogen) atoms. The second kappa shape index (κ2) is 7.16. The lowest BCUT2D eigenvalue weighted by molar-refractivity contribution is 1.07. The summed E-state index contributed by atoms with van der Waals surface area (Å²) in [5, 5.41) is 0. The SMILES string of the molecule is Cc1ccc(-c2c(C)nc(-c3ccc(-c4ccccc4)cc3)nc2C)cc1. The Labute approximate surface area is 160 Å². The summed E-state index contributed by atoms with van der Waals surface area (Å²) in [5.41, 5.74) is 9.01. The van der Waals surface area contributed by atoms with Gasteiger partial charge in [-0.2, -0.15) is 0 Å². The van der Waals surface area contributed by atoms with E-state index in [1.807, 2.05) is 6.07 Å². The summed E-state index contributed by atoms with van der Waals surface area (Å²) in [5.74, 6) is 0.778. The highest BCUT2D eigenvalue weighted by Gasteiger charge is 2.12. The Bertz CT molecular complexity index is 1040. The predicted octanol–water partition coefficient (Wildman–Crippen LogP) is 6.40. The summed E-state index contributed by atoms with van der Waals surface area (Å²) >= 11 is 0. The molecule has 0 aliphatic heterocycles. The van der Waals surface area contributed by atoms with Gasteiger partial charge in [0, 0.05) is 22.5 Å². The molecule has 0 spiro atoms. The van der Waals surface area contributed by atoms with Crippen LogP contribution in [0.5, 0.6) is 0 Å². The first kappa shape index (κ1) is 17.2. The number of aryl methyl sites for hydroxylation is 3. The molecule has 0 aliphatic carbocycles. The Morgan fingerprint density at radius 3 is 1.56 bits per heavy atom. The monoisotopic (exact) mass is 350 g/mol. The number of benzene rings is 3. The molecule has 0 unspecified atom stereocenters. The van der Waals surface area contributed by atoms with Gasteiger partial charge in [-0.25, -0.2) is 9.97 Å². The fourth-order valence-corrected chi connectivity index (χ4v) is 3.43. The Morgan fingerprint density at radius 1 is 0.481 bits per heavy atom. The Kier molecular flexibility index (Phi) is 4.55. The third kappa shape index (κ3) is 3.52. The summed E-state index contributed by atoms with van der Waals surface area (Å²) in [6.07, 6.45) is 0. The number of hydrogen-bond acceptors (Lipinski definition) is 2. The molecule has 4 rings (SSSR count). The van der Waals surface area contributed by atoms with Crippen molar-refractivity contribution >= 4 is 0 Å². The maximum absolute atomic E-state index is 4.79. The van der Waals surface area contributed by atoms with Crippen LogP contribution in [-0.2, 0) is 0 Å². The lowest BCUT2D eigenvalue weighted by Gasteiger charge is -2.12. The van der Waals surface area contributed by atoms with E-state index in [0.717, 1.165) is 28.3 Å². The van der Waals surface area contributed by atoms with E-state index in [2.05, 4.69) is 93.6 Å². The Hall–Kier alpha value is -3.26. The van der Waals surface area contributed by atoms with Crippen molar-refractivity contribution in [3.05, 3.63) is 95.8 Å². The highest BCUT2D eigenvalue weighted by molar-refractivity contribution is 5.71. The summed E-state index contributed by atoms with van der Waals surface area (Å²) in [4.78, 5) is 9.59. The third-order valence-electron chi connectivity index (χ3n) is 4.86. The van der Waals surface area contributed by atoms with E-state index < -0.39 is 0 Å². The maximum Gasteiger partial charge on any atom is 0.159 e. The quantitative estimate of drug-likeness (QED) is 0.427. The van der Waals surface area contributed by atoms with Crippen LogP contribution in [0.3, 0.4) is 0 Å². The summed E-state index contributed by atoms with van der Waals surface area (Å²) in [7, 11) is 0. The van der Waals surface area contributed by atoms with E-state index in [1.54, 1.807) is 0 Å². The lowest BCUT2D eigenvalue weighted by Crippen LogP contribution is -1.99. The minimum Gasteiger partial charge on any atom is -0.233 e. The minimum absolute atomic E-state index is 0.778. The van der Waals surface area contributed by atoms with Crippen LogP contribution >= 0.6 is 0 Å². The van der Waals surface area contributed by atoms with Gasteiger partial charge in [-0.15, -0.1) is 0 Å². The molecule has 0 aliphatic rings. The second-order valence-electron chi connectivity index (χ2n) is 6.90. The highest BCUT2D eigenvalue weighted by atomic mass is 14.9. The molecular weight excluding hydrogens is 328 g/mol. The molecule has 0 radical (unpaired) electrons. The van der Waals surface area contributed by atoms with Crippen LogP contribution in [0.15, 0.2) is 78.9 Å². The van der Waals surface area contributed by atoms with Gasteiger partial charge in [0.05, 0.1) is 0 Å². The number of aromatic nitrogens is 2. The molecule has 0 fully saturated rings. The van der Waals surface area contributed by atoms with E-state index in [-0.39, 0.29) is 0 Å². The standard InChI is InChI=1S/C25H22N2/c1-17-9-11-22(12-10-17)24-18(2)26-25(27-19(24)3)23-15-13-21(14-16-23)20-7-5-4-6-8-20/h4-16H,1-3H3. The van der Waals surface area contributed by atoms with Crippen LogP contribution in [0.4, 0.5) is 0 Å². The number of hydrogen-bond donors (Lipinski definition) is 0. The summed E-state index contributed by atoms with van der Waals surface area (Å²) < 4.78 is 0. The van der Waals surface area contributed by atoms with Crippen molar-refractivity contribution in [3.8, 4) is 33.6 Å². The molecule has 4 aromatic rings. The third-order valence-corrected chi connectivity index (χ3v) is 4.86. The first-order valence-corrected chi connectivity index (χ1v) is 9.20. The smallest absolute Gasteiger partial charge is 0.159 e. The average Bonchev–Trinajstić information content (AvgIpc) is 2.70. The Morgan fingerprint density at radius 2 is 0.963 bits per heavy atom. The topological polar surface area (TPSA) is 25.8 Å². The van der Waals surface area contributed by atoms with Gasteiger partial charge in [0.15, 0.2) is 5.82 Å².